The highest BCUT2D eigenvalue weighted by molar-refractivity contribution is 7.99. The van der Waals surface area contributed by atoms with Crippen LogP contribution >= 0.6 is 11.8 Å². The third-order valence-electron chi connectivity index (χ3n) is 5.39. The molecule has 1 aromatic carbocycles. The average Bonchev–Trinajstić information content (AvgIpc) is 3.11. The van der Waals surface area contributed by atoms with Gasteiger partial charge in [0.15, 0.2) is 5.58 Å². The Morgan fingerprint density at radius 3 is 2.55 bits per heavy atom. The third kappa shape index (κ3) is 5.94. The third-order valence-corrected chi connectivity index (χ3v) is 6.20. The molecule has 1 aliphatic heterocycles. The fourth-order valence-electron chi connectivity index (χ4n) is 3.78. The molecule has 0 aliphatic carbocycles. The van der Waals surface area contributed by atoms with Crippen LogP contribution in [0.1, 0.15) is 20.8 Å². The minimum Gasteiger partial charge on any atom is -0.431 e. The van der Waals surface area contributed by atoms with Crippen LogP contribution in [-0.2, 0) is 4.79 Å². The van der Waals surface area contributed by atoms with Gasteiger partial charge < -0.3 is 15.1 Å². The van der Waals surface area contributed by atoms with Crippen LogP contribution in [0.5, 0.6) is 0 Å². The molecule has 1 fully saturated rings. The van der Waals surface area contributed by atoms with E-state index in [4.69, 9.17) is 10.2 Å². The summed E-state index contributed by atoms with van der Waals surface area (Å²) < 4.78 is 5.76. The topological polar surface area (TPSA) is 78.8 Å². The maximum Gasteiger partial charge on any atom is 0.256 e. The van der Waals surface area contributed by atoms with Crippen LogP contribution in [-0.4, -0.2) is 89.2 Å². The summed E-state index contributed by atoms with van der Waals surface area (Å²) in [7, 11) is 0. The van der Waals surface area contributed by atoms with Gasteiger partial charge in [-0.05, 0) is 32.9 Å². The molecule has 2 aromatic rings. The molecule has 1 saturated heterocycles. The quantitative estimate of drug-likeness (QED) is 0.624. The molecule has 1 atom stereocenters. The van der Waals surface area contributed by atoms with Gasteiger partial charge in [-0.3, -0.25) is 14.6 Å². The molecule has 3 rings (SSSR count). The van der Waals surface area contributed by atoms with E-state index in [0.29, 0.717) is 13.1 Å². The summed E-state index contributed by atoms with van der Waals surface area (Å²) >= 11 is 1.66. The molecule has 0 saturated carbocycles. The number of nitrogens with zero attached hydrogens (tertiary/aromatic N) is 4. The lowest BCUT2D eigenvalue weighted by Gasteiger charge is -2.37. The predicted octanol–water partition coefficient (Wildman–Crippen LogP) is 2.12. The van der Waals surface area contributed by atoms with Gasteiger partial charge in [-0.1, -0.05) is 23.9 Å². The molecule has 0 bridgehead atoms. The van der Waals surface area contributed by atoms with Crippen LogP contribution in [0.2, 0.25) is 0 Å². The van der Waals surface area contributed by atoms with Crippen molar-refractivity contribution in [2.24, 2.45) is 5.73 Å². The molecule has 1 unspecified atom stereocenters. The standard InChI is InChI=1S/C21H33N5O2S/c1-16(2)26(17(3)14-22)20(27)15-25-10-8-24(9-11-25)12-13-29-21-23-18-6-4-5-7-19(18)28-21/h4-7,16-17H,8-15,22H2,1-3H3. The molecule has 1 aromatic heterocycles. The number of nitrogens with two attached hydrogens (primary N) is 1. The number of piperazine rings is 1. The summed E-state index contributed by atoms with van der Waals surface area (Å²) in [6, 6.07) is 8.10. The van der Waals surface area contributed by atoms with Crippen LogP contribution in [0, 0.1) is 0 Å². The maximum absolute atomic E-state index is 12.7. The van der Waals surface area contributed by atoms with Gasteiger partial charge in [0, 0.05) is 57.1 Å². The summed E-state index contributed by atoms with van der Waals surface area (Å²) in [4.78, 5) is 23.9. The fraction of sp³-hybridized carbons (Fsp3) is 0.619. The Hall–Kier alpha value is -1.61. The van der Waals surface area contributed by atoms with Gasteiger partial charge in [0.2, 0.25) is 5.91 Å². The summed E-state index contributed by atoms with van der Waals surface area (Å²) in [6.07, 6.45) is 0. The number of thioether (sulfide) groups is 1. The predicted molar refractivity (Wildman–Crippen MR) is 118 cm³/mol. The van der Waals surface area contributed by atoms with Crippen molar-refractivity contribution in [3.05, 3.63) is 24.3 Å². The van der Waals surface area contributed by atoms with Gasteiger partial charge in [0.1, 0.15) is 5.52 Å². The minimum atomic E-state index is 0.0765. The SMILES string of the molecule is CC(C)N(C(=O)CN1CCN(CCSc2nc3ccccc3o2)CC1)C(C)CN. The lowest BCUT2D eigenvalue weighted by Crippen LogP contribution is -2.54. The van der Waals surface area contributed by atoms with Crippen LogP contribution < -0.4 is 5.73 Å². The van der Waals surface area contributed by atoms with Crippen molar-refractivity contribution in [3.8, 4) is 0 Å². The molecule has 29 heavy (non-hydrogen) atoms. The van der Waals surface area contributed by atoms with E-state index < -0.39 is 0 Å². The largest absolute Gasteiger partial charge is 0.431 e. The Morgan fingerprint density at radius 1 is 1.21 bits per heavy atom. The summed E-state index contributed by atoms with van der Waals surface area (Å²) in [5, 5.41) is 0.734. The average molecular weight is 420 g/mol. The molecule has 1 aliphatic rings. The summed E-state index contributed by atoms with van der Waals surface area (Å²) in [5.74, 6) is 1.12. The van der Waals surface area contributed by atoms with E-state index >= 15 is 0 Å². The van der Waals surface area contributed by atoms with Gasteiger partial charge in [-0.25, -0.2) is 4.98 Å². The van der Waals surface area contributed by atoms with Crippen molar-refractivity contribution in [2.75, 3.05) is 51.6 Å². The van der Waals surface area contributed by atoms with Crippen LogP contribution in [0.4, 0.5) is 0 Å². The first-order chi connectivity index (χ1) is 14.0. The Morgan fingerprint density at radius 2 is 1.90 bits per heavy atom. The van der Waals surface area contributed by atoms with E-state index in [1.807, 2.05) is 36.1 Å². The number of oxazole rings is 1. The number of para-hydroxylation sites is 2. The smallest absolute Gasteiger partial charge is 0.256 e. The molecule has 0 spiro atoms. The van der Waals surface area contributed by atoms with E-state index in [9.17, 15) is 4.79 Å². The Kier molecular flexibility index (Phi) is 7.94. The maximum atomic E-state index is 12.7. The first-order valence-corrected chi connectivity index (χ1v) is 11.4. The fourth-order valence-corrected chi connectivity index (χ4v) is 4.61. The first-order valence-electron chi connectivity index (χ1n) is 10.4. The van der Waals surface area contributed by atoms with Crippen LogP contribution in [0.3, 0.4) is 0 Å². The zero-order chi connectivity index (χ0) is 20.8. The Labute approximate surface area is 177 Å². The number of hydrogen-bond donors (Lipinski definition) is 1. The van der Waals surface area contributed by atoms with E-state index in [-0.39, 0.29) is 18.0 Å². The highest BCUT2D eigenvalue weighted by Crippen LogP contribution is 2.23. The van der Waals surface area contributed by atoms with Crippen molar-refractivity contribution < 1.29 is 9.21 Å². The number of carbonyl (C=O) groups is 1. The van der Waals surface area contributed by atoms with Crippen LogP contribution in [0.15, 0.2) is 33.9 Å². The second-order valence-electron chi connectivity index (χ2n) is 7.89. The Bertz CT molecular complexity index is 755. The van der Waals surface area contributed by atoms with Crippen molar-refractivity contribution >= 4 is 28.8 Å². The lowest BCUT2D eigenvalue weighted by molar-refractivity contribution is -0.136. The number of aromatic nitrogens is 1. The normalized spacial score (nSPS) is 17.1. The van der Waals surface area contributed by atoms with Gasteiger partial charge >= 0.3 is 0 Å². The van der Waals surface area contributed by atoms with Gasteiger partial charge in [-0.15, -0.1) is 0 Å². The zero-order valence-electron chi connectivity index (χ0n) is 17.7. The van der Waals surface area contributed by atoms with Crippen molar-refractivity contribution in [1.29, 1.82) is 0 Å². The second-order valence-corrected chi connectivity index (χ2v) is 8.94. The molecule has 2 heterocycles. The first kappa shape index (κ1) is 22.1. The van der Waals surface area contributed by atoms with Gasteiger partial charge in [-0.2, -0.15) is 0 Å². The number of rotatable bonds is 9. The van der Waals surface area contributed by atoms with Gasteiger partial charge in [0.05, 0.1) is 6.54 Å². The van der Waals surface area contributed by atoms with Crippen molar-refractivity contribution in [1.82, 2.24) is 19.7 Å². The molecule has 8 heteroatoms. The molecular formula is C21H33N5O2S. The lowest BCUT2D eigenvalue weighted by atomic mass is 10.2. The van der Waals surface area contributed by atoms with E-state index in [0.717, 1.165) is 54.8 Å². The molecule has 7 nitrogen and oxygen atoms in total. The monoisotopic (exact) mass is 419 g/mol. The molecule has 0 radical (unpaired) electrons. The molecule has 2 N–H and O–H groups in total. The van der Waals surface area contributed by atoms with Crippen molar-refractivity contribution in [2.45, 2.75) is 38.1 Å². The molecule has 160 valence electrons. The minimum absolute atomic E-state index is 0.0765. The van der Waals surface area contributed by atoms with Crippen molar-refractivity contribution in [3.63, 3.8) is 0 Å². The van der Waals surface area contributed by atoms with E-state index in [2.05, 4.69) is 28.6 Å². The zero-order valence-corrected chi connectivity index (χ0v) is 18.5. The number of carbonyl (C=O) groups excluding carboxylic acids is 1. The number of fused-ring (bicyclic) bond motifs is 1. The molecule has 1 amide bonds. The summed E-state index contributed by atoms with van der Waals surface area (Å²) in [5.41, 5.74) is 7.53. The highest BCUT2D eigenvalue weighted by atomic mass is 32.2. The molecular weight excluding hydrogens is 386 g/mol. The number of amides is 1. The number of benzene rings is 1. The van der Waals surface area contributed by atoms with Crippen LogP contribution in [0.25, 0.3) is 11.1 Å². The van der Waals surface area contributed by atoms with Gasteiger partial charge in [0.25, 0.3) is 5.22 Å². The summed E-state index contributed by atoms with van der Waals surface area (Å²) in [6.45, 7) is 11.9. The second kappa shape index (κ2) is 10.4. The van der Waals surface area contributed by atoms with E-state index in [1.54, 1.807) is 11.8 Å². The Balaban J connectivity index is 1.39. The number of hydrogen-bond acceptors (Lipinski definition) is 7. The highest BCUT2D eigenvalue weighted by Gasteiger charge is 2.25. The van der Waals surface area contributed by atoms with E-state index in [1.165, 1.54) is 0 Å².